The Hall–Kier alpha value is -2.91. The van der Waals surface area contributed by atoms with Gasteiger partial charge in [-0.25, -0.2) is 18.4 Å². The largest absolute Gasteiger partial charge is 0.366 e. The summed E-state index contributed by atoms with van der Waals surface area (Å²) in [5.41, 5.74) is 2.77. The highest BCUT2D eigenvalue weighted by Gasteiger charge is 2.35. The number of benzene rings is 1. The summed E-state index contributed by atoms with van der Waals surface area (Å²) in [6, 6.07) is 7.86. The number of allylic oxidation sites excluding steroid dienone is 1. The third kappa shape index (κ3) is 5.04. The van der Waals surface area contributed by atoms with Crippen LogP contribution in [0.5, 0.6) is 0 Å². The number of nitrogens with zero attached hydrogens (tertiary/aromatic N) is 5. The van der Waals surface area contributed by atoms with Crippen LogP contribution in [0.2, 0.25) is 0 Å². The minimum absolute atomic E-state index is 0.190. The van der Waals surface area contributed by atoms with E-state index in [2.05, 4.69) is 32.3 Å². The Kier molecular flexibility index (Phi) is 6.71. The van der Waals surface area contributed by atoms with Gasteiger partial charge in [-0.3, -0.25) is 4.57 Å². The van der Waals surface area contributed by atoms with Crippen molar-refractivity contribution in [3.8, 4) is 5.69 Å². The quantitative estimate of drug-likeness (QED) is 0.521. The molecule has 3 heterocycles. The predicted molar refractivity (Wildman–Crippen MR) is 127 cm³/mol. The molecule has 1 aliphatic rings. The van der Waals surface area contributed by atoms with Crippen LogP contribution >= 0.6 is 0 Å². The first kappa shape index (κ1) is 23.3. The summed E-state index contributed by atoms with van der Waals surface area (Å²) in [4.78, 5) is 8.69. The molecule has 0 saturated heterocycles. The van der Waals surface area contributed by atoms with Gasteiger partial charge in [0, 0.05) is 18.8 Å². The Morgan fingerprint density at radius 3 is 2.55 bits per heavy atom. The number of hydrogen-bond acceptors (Lipinski definition) is 7. The zero-order valence-electron chi connectivity index (χ0n) is 19.3. The lowest BCUT2D eigenvalue weighted by molar-refractivity contribution is 0.00141. The molecule has 0 amide bonds. The number of fused-ring (bicyclic) bond motifs is 3. The number of para-hydroxylation sites is 1. The second-order valence-corrected chi connectivity index (χ2v) is 11.0. The molecule has 0 radical (unpaired) electrons. The fourth-order valence-electron chi connectivity index (χ4n) is 3.87. The summed E-state index contributed by atoms with van der Waals surface area (Å²) < 4.78 is 35.0. The van der Waals surface area contributed by atoms with Gasteiger partial charge in [-0.05, 0) is 51.3 Å². The van der Waals surface area contributed by atoms with E-state index in [9.17, 15) is 8.42 Å². The van der Waals surface area contributed by atoms with Gasteiger partial charge in [0.15, 0.2) is 21.5 Å². The standard InChI is InChI=1S/C24H29N5O3S/c1-16(2)32-23(24-25-13-17(3)14-26-24)18(4)33(30,31)15-22-28-27-21-12-8-6-10-19-9-5-7-11-20(19)29(21)22/h5-7,9-11,13-14,16,18,23H,8,12,15H2,1-4H3/b10-6-/t18-,23+/m0/s1. The van der Waals surface area contributed by atoms with Crippen LogP contribution in [-0.4, -0.2) is 44.5 Å². The van der Waals surface area contributed by atoms with Gasteiger partial charge in [-0.15, -0.1) is 10.2 Å². The van der Waals surface area contributed by atoms with E-state index in [0.29, 0.717) is 18.1 Å². The molecule has 33 heavy (non-hydrogen) atoms. The number of hydrogen-bond donors (Lipinski definition) is 0. The van der Waals surface area contributed by atoms with Crippen LogP contribution in [0.15, 0.2) is 42.7 Å². The average molecular weight is 468 g/mol. The molecule has 0 saturated carbocycles. The van der Waals surface area contributed by atoms with Gasteiger partial charge < -0.3 is 4.74 Å². The van der Waals surface area contributed by atoms with Gasteiger partial charge in [0.1, 0.15) is 17.7 Å². The van der Waals surface area contributed by atoms with Gasteiger partial charge in [-0.1, -0.05) is 30.4 Å². The molecule has 9 heteroatoms. The first-order valence-electron chi connectivity index (χ1n) is 11.1. The molecule has 4 rings (SSSR count). The summed E-state index contributed by atoms with van der Waals surface area (Å²) in [5.74, 6) is 1.25. The Morgan fingerprint density at radius 2 is 1.82 bits per heavy atom. The van der Waals surface area contributed by atoms with Crippen LogP contribution < -0.4 is 0 Å². The van der Waals surface area contributed by atoms with E-state index in [1.165, 1.54) is 0 Å². The summed E-state index contributed by atoms with van der Waals surface area (Å²) >= 11 is 0. The molecule has 0 spiro atoms. The minimum atomic E-state index is -3.69. The molecule has 0 bridgehead atoms. The molecule has 174 valence electrons. The second-order valence-electron chi connectivity index (χ2n) is 8.60. The van der Waals surface area contributed by atoms with E-state index in [-0.39, 0.29) is 11.9 Å². The van der Waals surface area contributed by atoms with Crippen LogP contribution in [-0.2, 0) is 26.7 Å². The molecule has 1 aromatic carbocycles. The van der Waals surface area contributed by atoms with Gasteiger partial charge in [0.25, 0.3) is 0 Å². The fraction of sp³-hybridized carbons (Fsp3) is 0.417. The van der Waals surface area contributed by atoms with Gasteiger partial charge in [-0.2, -0.15) is 0 Å². The minimum Gasteiger partial charge on any atom is -0.366 e. The van der Waals surface area contributed by atoms with Crippen molar-refractivity contribution in [3.05, 3.63) is 71.3 Å². The van der Waals surface area contributed by atoms with Crippen LogP contribution in [0.4, 0.5) is 0 Å². The van der Waals surface area contributed by atoms with Gasteiger partial charge >= 0.3 is 0 Å². The van der Waals surface area contributed by atoms with Gasteiger partial charge in [0.2, 0.25) is 0 Å². The van der Waals surface area contributed by atoms with Crippen LogP contribution in [0, 0.1) is 6.92 Å². The number of ether oxygens (including phenoxy) is 1. The monoisotopic (exact) mass is 467 g/mol. The van der Waals surface area contributed by atoms with Crippen molar-refractivity contribution in [2.75, 3.05) is 0 Å². The van der Waals surface area contributed by atoms with Crippen molar-refractivity contribution in [1.82, 2.24) is 24.7 Å². The normalized spacial score (nSPS) is 16.4. The zero-order valence-corrected chi connectivity index (χ0v) is 20.2. The van der Waals surface area contributed by atoms with Crippen LogP contribution in [0.3, 0.4) is 0 Å². The van der Waals surface area contributed by atoms with E-state index in [4.69, 9.17) is 4.74 Å². The Balaban J connectivity index is 1.70. The lowest BCUT2D eigenvalue weighted by Gasteiger charge is -2.25. The summed E-state index contributed by atoms with van der Waals surface area (Å²) in [6.45, 7) is 7.26. The topological polar surface area (TPSA) is 99.9 Å². The zero-order chi connectivity index (χ0) is 23.6. The molecule has 0 fully saturated rings. The first-order chi connectivity index (χ1) is 15.8. The third-order valence-corrected chi connectivity index (χ3v) is 7.64. The molecule has 2 aromatic heterocycles. The summed E-state index contributed by atoms with van der Waals surface area (Å²) in [6.07, 6.45) is 8.01. The van der Waals surface area contributed by atoms with E-state index in [0.717, 1.165) is 29.1 Å². The van der Waals surface area contributed by atoms with Crippen molar-refractivity contribution >= 4 is 15.9 Å². The molecule has 0 N–H and O–H groups in total. The number of aryl methyl sites for hydroxylation is 2. The maximum Gasteiger partial charge on any atom is 0.163 e. The molecule has 2 atom stereocenters. The van der Waals surface area contributed by atoms with Crippen molar-refractivity contribution in [2.45, 2.75) is 63.7 Å². The number of rotatable bonds is 7. The molecule has 8 nitrogen and oxygen atoms in total. The van der Waals surface area contributed by atoms with Crippen LogP contribution in [0.1, 0.15) is 61.9 Å². The number of sulfone groups is 1. The molecule has 1 aliphatic heterocycles. The molecule has 0 unspecified atom stereocenters. The van der Waals surface area contributed by atoms with Crippen molar-refractivity contribution in [3.63, 3.8) is 0 Å². The second kappa shape index (κ2) is 9.52. The van der Waals surface area contributed by atoms with E-state index < -0.39 is 21.2 Å². The Morgan fingerprint density at radius 1 is 1.09 bits per heavy atom. The van der Waals surface area contributed by atoms with Crippen LogP contribution in [0.25, 0.3) is 11.8 Å². The Bertz CT molecular complexity index is 1250. The number of aromatic nitrogens is 5. The predicted octanol–water partition coefficient (Wildman–Crippen LogP) is 3.79. The van der Waals surface area contributed by atoms with Crippen molar-refractivity contribution in [2.24, 2.45) is 0 Å². The van der Waals surface area contributed by atoms with E-state index in [1.807, 2.05) is 49.6 Å². The smallest absolute Gasteiger partial charge is 0.163 e. The van der Waals surface area contributed by atoms with E-state index >= 15 is 0 Å². The average Bonchev–Trinajstić information content (AvgIpc) is 3.14. The van der Waals surface area contributed by atoms with Crippen molar-refractivity contribution < 1.29 is 13.2 Å². The molecule has 0 aliphatic carbocycles. The molecular formula is C24H29N5O3S. The summed E-state index contributed by atoms with van der Waals surface area (Å²) in [5, 5.41) is 7.73. The summed E-state index contributed by atoms with van der Waals surface area (Å²) in [7, 11) is -3.69. The first-order valence-corrected chi connectivity index (χ1v) is 12.8. The lowest BCUT2D eigenvalue weighted by atomic mass is 10.1. The highest BCUT2D eigenvalue weighted by molar-refractivity contribution is 7.91. The maximum absolute atomic E-state index is 13.6. The molecule has 3 aromatic rings. The highest BCUT2D eigenvalue weighted by atomic mass is 32.2. The van der Waals surface area contributed by atoms with Gasteiger partial charge in [0.05, 0.1) is 17.0 Å². The SMILES string of the molecule is Cc1cnc([C@H](OC(C)C)[C@H](C)S(=O)(=O)Cc2nnc3n2-c2ccccc2/C=C\CC3)nc1. The molecular weight excluding hydrogens is 438 g/mol. The third-order valence-electron chi connectivity index (χ3n) is 5.60. The highest BCUT2D eigenvalue weighted by Crippen LogP contribution is 2.29. The van der Waals surface area contributed by atoms with E-state index in [1.54, 1.807) is 19.3 Å². The lowest BCUT2D eigenvalue weighted by Crippen LogP contribution is -2.32. The van der Waals surface area contributed by atoms with Crippen molar-refractivity contribution in [1.29, 1.82) is 0 Å². The maximum atomic E-state index is 13.6. The fourth-order valence-corrected chi connectivity index (χ4v) is 5.24. The Labute approximate surface area is 194 Å².